The fourth-order valence-corrected chi connectivity index (χ4v) is 2.75. The molecule has 19 heavy (non-hydrogen) atoms. The third-order valence-electron chi connectivity index (χ3n) is 3.34. The molecule has 0 aliphatic heterocycles. The summed E-state index contributed by atoms with van der Waals surface area (Å²) in [6.07, 6.45) is 1.38. The highest BCUT2D eigenvalue weighted by molar-refractivity contribution is 6.49. The van der Waals surface area contributed by atoms with Crippen molar-refractivity contribution in [3.8, 4) is 5.75 Å². The van der Waals surface area contributed by atoms with Crippen molar-refractivity contribution in [2.45, 2.75) is 25.3 Å². The number of methoxy groups -OCH3 is 1. The summed E-state index contributed by atoms with van der Waals surface area (Å²) in [7, 11) is 1.62. The van der Waals surface area contributed by atoms with E-state index in [-0.39, 0.29) is 6.42 Å². The average molecular weight is 282 g/mol. The van der Waals surface area contributed by atoms with Crippen LogP contribution in [0.3, 0.4) is 0 Å². The lowest BCUT2D eigenvalue weighted by molar-refractivity contribution is -0.137. The van der Waals surface area contributed by atoms with Gasteiger partial charge in [0.1, 0.15) is 5.75 Å². The van der Waals surface area contributed by atoms with Gasteiger partial charge in [-0.25, -0.2) is 0 Å². The van der Waals surface area contributed by atoms with Crippen LogP contribution in [0, 0.1) is 0 Å². The quantitative estimate of drug-likeness (QED) is 0.889. The summed E-state index contributed by atoms with van der Waals surface area (Å²) in [5.41, 5.74) is 8.75. The molecule has 102 valence electrons. The molecule has 1 unspecified atom stereocenters. The third kappa shape index (κ3) is 2.91. The molecule has 0 saturated heterocycles. The van der Waals surface area contributed by atoms with Gasteiger partial charge < -0.3 is 15.6 Å². The van der Waals surface area contributed by atoms with Gasteiger partial charge in [0.15, 0.2) is 0 Å². The molecule has 0 fully saturated rings. The van der Waals surface area contributed by atoms with Crippen LogP contribution in [0.1, 0.15) is 24.0 Å². The molecule has 1 aliphatic rings. The van der Waals surface area contributed by atoms with Gasteiger partial charge in [-0.05, 0) is 47.7 Å². The summed E-state index contributed by atoms with van der Waals surface area (Å²) in [5.74, 6) is -0.119. The van der Waals surface area contributed by atoms with Crippen molar-refractivity contribution in [3.63, 3.8) is 0 Å². The molecule has 1 aromatic rings. The van der Waals surface area contributed by atoms with E-state index in [4.69, 9.17) is 27.2 Å². The van der Waals surface area contributed by atoms with Gasteiger partial charge >= 0.3 is 5.97 Å². The number of rotatable bonds is 4. The molecule has 2 rings (SSSR count). The maximum absolute atomic E-state index is 10.7. The van der Waals surface area contributed by atoms with Crippen molar-refractivity contribution in [2.24, 2.45) is 5.73 Å². The summed E-state index contributed by atoms with van der Waals surface area (Å²) >= 11 is 6.35. The molecule has 0 spiro atoms. The molecule has 1 aliphatic carbocycles. The highest BCUT2D eigenvalue weighted by atomic mass is 35.5. The number of halogens is 1. The molecule has 4 nitrogen and oxygen atoms in total. The molecule has 5 heteroatoms. The minimum atomic E-state index is -0.912. The Morgan fingerprint density at radius 3 is 2.89 bits per heavy atom. The monoisotopic (exact) mass is 281 g/mol. The number of fused-ring (bicyclic) bond motifs is 1. The van der Waals surface area contributed by atoms with Gasteiger partial charge in [-0.1, -0.05) is 11.6 Å². The maximum atomic E-state index is 10.7. The molecule has 1 atom stereocenters. The zero-order valence-electron chi connectivity index (χ0n) is 10.6. The number of aryl methyl sites for hydroxylation is 1. The second-order valence-electron chi connectivity index (χ2n) is 4.57. The van der Waals surface area contributed by atoms with Gasteiger partial charge in [-0.2, -0.15) is 0 Å². The minimum Gasteiger partial charge on any atom is -0.497 e. The Morgan fingerprint density at radius 1 is 1.53 bits per heavy atom. The standard InChI is InChI=1S/C14H16ClNO3/c1-19-9-3-5-10-8(6-9)2-4-11(14(10)15)12(16)7-13(17)18/h3,5-6,12H,2,4,7,16H2,1H3,(H,17,18). The molecule has 0 heterocycles. The smallest absolute Gasteiger partial charge is 0.305 e. The molecule has 1 aromatic carbocycles. The van der Waals surface area contributed by atoms with Crippen molar-refractivity contribution in [1.82, 2.24) is 0 Å². The van der Waals surface area contributed by atoms with E-state index in [0.717, 1.165) is 28.9 Å². The van der Waals surface area contributed by atoms with Crippen LogP contribution in [0.15, 0.2) is 23.8 Å². The van der Waals surface area contributed by atoms with Crippen molar-refractivity contribution in [1.29, 1.82) is 0 Å². The summed E-state index contributed by atoms with van der Waals surface area (Å²) in [6.45, 7) is 0. The van der Waals surface area contributed by atoms with E-state index in [1.807, 2.05) is 18.2 Å². The van der Waals surface area contributed by atoms with Crippen LogP contribution >= 0.6 is 11.6 Å². The van der Waals surface area contributed by atoms with E-state index in [0.29, 0.717) is 11.5 Å². The fourth-order valence-electron chi connectivity index (χ4n) is 2.33. The highest BCUT2D eigenvalue weighted by Gasteiger charge is 2.23. The van der Waals surface area contributed by atoms with Gasteiger partial charge in [-0.15, -0.1) is 0 Å². The normalized spacial score (nSPS) is 15.9. The molecule has 0 radical (unpaired) electrons. The first kappa shape index (κ1) is 13.9. The van der Waals surface area contributed by atoms with Crippen LogP contribution in [0.4, 0.5) is 0 Å². The van der Waals surface area contributed by atoms with Gasteiger partial charge in [-0.3, -0.25) is 4.79 Å². The van der Waals surface area contributed by atoms with Crippen molar-refractivity contribution in [2.75, 3.05) is 7.11 Å². The predicted molar refractivity (Wildman–Crippen MR) is 74.3 cm³/mol. The Balaban J connectivity index is 2.34. The van der Waals surface area contributed by atoms with Crippen molar-refractivity contribution >= 4 is 22.6 Å². The molecule has 3 N–H and O–H groups in total. The van der Waals surface area contributed by atoms with Crippen LogP contribution in [0.25, 0.3) is 5.03 Å². The average Bonchev–Trinajstić information content (AvgIpc) is 2.37. The van der Waals surface area contributed by atoms with Crippen LogP contribution < -0.4 is 10.5 Å². The molecule has 0 bridgehead atoms. The van der Waals surface area contributed by atoms with Gasteiger partial charge in [0.25, 0.3) is 0 Å². The van der Waals surface area contributed by atoms with Crippen LogP contribution in [-0.4, -0.2) is 24.2 Å². The van der Waals surface area contributed by atoms with E-state index in [9.17, 15) is 4.79 Å². The SMILES string of the molecule is COc1ccc2c(c1)CCC(C(N)CC(=O)O)=C2Cl. The van der Waals surface area contributed by atoms with E-state index in [1.165, 1.54) is 0 Å². The highest BCUT2D eigenvalue weighted by Crippen LogP contribution is 2.37. The third-order valence-corrected chi connectivity index (χ3v) is 3.78. The topological polar surface area (TPSA) is 72.5 Å². The van der Waals surface area contributed by atoms with Gasteiger partial charge in [0.05, 0.1) is 13.5 Å². The number of nitrogens with two attached hydrogens (primary N) is 1. The van der Waals surface area contributed by atoms with E-state index >= 15 is 0 Å². The molecule has 0 aromatic heterocycles. The lowest BCUT2D eigenvalue weighted by Crippen LogP contribution is -2.28. The number of carboxylic acids is 1. The number of benzene rings is 1. The van der Waals surface area contributed by atoms with Crippen LogP contribution in [0.2, 0.25) is 0 Å². The van der Waals surface area contributed by atoms with E-state index in [2.05, 4.69) is 0 Å². The summed E-state index contributed by atoms with van der Waals surface area (Å²) in [6, 6.07) is 5.16. The molecule has 0 amide bonds. The Hall–Kier alpha value is -1.52. The predicted octanol–water partition coefficient (Wildman–Crippen LogP) is 2.39. The molecular formula is C14H16ClNO3. The first-order chi connectivity index (χ1) is 9.02. The lowest BCUT2D eigenvalue weighted by atomic mass is 9.87. The Kier molecular flexibility index (Phi) is 4.12. The lowest BCUT2D eigenvalue weighted by Gasteiger charge is -2.23. The summed E-state index contributed by atoms with van der Waals surface area (Å²) < 4.78 is 5.18. The number of ether oxygens (including phenoxy) is 1. The largest absolute Gasteiger partial charge is 0.497 e. The summed E-state index contributed by atoms with van der Waals surface area (Å²) in [5, 5.41) is 9.38. The van der Waals surface area contributed by atoms with Gasteiger partial charge in [0, 0.05) is 11.1 Å². The van der Waals surface area contributed by atoms with Crippen molar-refractivity contribution in [3.05, 3.63) is 34.9 Å². The van der Waals surface area contributed by atoms with E-state index < -0.39 is 12.0 Å². The Bertz CT molecular complexity index is 539. The van der Waals surface area contributed by atoms with Crippen LogP contribution in [-0.2, 0) is 11.2 Å². The number of aliphatic carboxylic acids is 1. The minimum absolute atomic E-state index is 0.100. The number of hydrogen-bond donors (Lipinski definition) is 2. The van der Waals surface area contributed by atoms with Crippen molar-refractivity contribution < 1.29 is 14.6 Å². The van der Waals surface area contributed by atoms with E-state index in [1.54, 1.807) is 7.11 Å². The molecule has 0 saturated carbocycles. The Morgan fingerprint density at radius 2 is 2.26 bits per heavy atom. The fraction of sp³-hybridized carbons (Fsp3) is 0.357. The summed E-state index contributed by atoms with van der Waals surface area (Å²) in [4.78, 5) is 10.7. The zero-order chi connectivity index (χ0) is 14.0. The number of carbonyl (C=O) groups is 1. The second kappa shape index (κ2) is 5.63. The first-order valence-corrected chi connectivity index (χ1v) is 6.44. The Labute approximate surface area is 116 Å². The zero-order valence-corrected chi connectivity index (χ0v) is 11.4. The van der Waals surface area contributed by atoms with Gasteiger partial charge in [0.2, 0.25) is 0 Å². The maximum Gasteiger partial charge on any atom is 0.305 e. The van der Waals surface area contributed by atoms with Crippen LogP contribution in [0.5, 0.6) is 5.75 Å². The number of hydrogen-bond acceptors (Lipinski definition) is 3. The number of carboxylic acid groups (broad SMARTS) is 1. The first-order valence-electron chi connectivity index (χ1n) is 6.06. The second-order valence-corrected chi connectivity index (χ2v) is 4.94. The molecular weight excluding hydrogens is 266 g/mol.